The zero-order valence-corrected chi connectivity index (χ0v) is 14.2. The quantitative estimate of drug-likeness (QED) is 0.659. The van der Waals surface area contributed by atoms with Crippen LogP contribution in [0.2, 0.25) is 5.02 Å². The Morgan fingerprint density at radius 1 is 1.29 bits per heavy atom. The number of hydrogen-bond acceptors (Lipinski definition) is 4. The highest BCUT2D eigenvalue weighted by molar-refractivity contribution is 6.30. The van der Waals surface area contributed by atoms with Gasteiger partial charge in [0.2, 0.25) is 5.91 Å². The Hall–Kier alpha value is -2.14. The van der Waals surface area contributed by atoms with Gasteiger partial charge < -0.3 is 10.1 Å². The number of halogens is 1. The Kier molecular flexibility index (Phi) is 4.45. The van der Waals surface area contributed by atoms with Crippen LogP contribution in [-0.4, -0.2) is 24.8 Å². The minimum atomic E-state index is -0.828. The topological polar surface area (TPSA) is 72.5 Å². The van der Waals surface area contributed by atoms with Crippen molar-refractivity contribution in [3.8, 4) is 0 Å². The maximum absolute atomic E-state index is 13.0. The average molecular weight is 348 g/mol. The number of carbonyl (C=O) groups excluding carboxylic acids is 3. The van der Waals surface area contributed by atoms with E-state index in [0.717, 1.165) is 5.56 Å². The van der Waals surface area contributed by atoms with Gasteiger partial charge in [-0.3, -0.25) is 14.4 Å². The van der Waals surface area contributed by atoms with E-state index in [9.17, 15) is 14.4 Å². The van der Waals surface area contributed by atoms with E-state index in [1.807, 2.05) is 13.0 Å². The Labute approximate surface area is 145 Å². The number of benzene rings is 1. The first-order valence-electron chi connectivity index (χ1n) is 7.82. The molecule has 24 heavy (non-hydrogen) atoms. The number of carbonyl (C=O) groups is 3. The van der Waals surface area contributed by atoms with Gasteiger partial charge in [-0.05, 0) is 30.0 Å². The van der Waals surface area contributed by atoms with Crippen molar-refractivity contribution in [3.05, 3.63) is 46.1 Å². The van der Waals surface area contributed by atoms with E-state index < -0.39 is 11.9 Å². The fraction of sp³-hybridized carbons (Fsp3) is 0.389. The number of hydrogen-bond donors (Lipinski definition) is 1. The third-order valence-electron chi connectivity index (χ3n) is 4.70. The van der Waals surface area contributed by atoms with Crippen LogP contribution in [0.25, 0.3) is 0 Å². The smallest absolute Gasteiger partial charge is 0.316 e. The molecule has 0 bridgehead atoms. The molecule has 5 nitrogen and oxygen atoms in total. The molecule has 1 aromatic rings. The third kappa shape index (κ3) is 2.84. The van der Waals surface area contributed by atoms with E-state index in [2.05, 4.69) is 5.32 Å². The maximum atomic E-state index is 13.0. The molecule has 0 radical (unpaired) electrons. The van der Waals surface area contributed by atoms with Gasteiger partial charge in [-0.25, -0.2) is 0 Å². The lowest BCUT2D eigenvalue weighted by atomic mass is 9.70. The normalized spacial score (nSPS) is 26.7. The molecule has 0 saturated heterocycles. The molecule has 1 N–H and O–H groups in total. The van der Waals surface area contributed by atoms with Gasteiger partial charge in [0, 0.05) is 28.6 Å². The highest BCUT2D eigenvalue weighted by atomic mass is 35.5. The third-order valence-corrected chi connectivity index (χ3v) is 4.94. The van der Waals surface area contributed by atoms with Crippen molar-refractivity contribution in [2.24, 2.45) is 11.8 Å². The lowest BCUT2D eigenvalue weighted by Crippen LogP contribution is -2.44. The number of amides is 1. The maximum Gasteiger partial charge on any atom is 0.316 e. The van der Waals surface area contributed by atoms with Crippen LogP contribution in [0.3, 0.4) is 0 Å². The van der Waals surface area contributed by atoms with Crippen molar-refractivity contribution in [1.29, 1.82) is 0 Å². The molecule has 1 aliphatic heterocycles. The summed E-state index contributed by atoms with van der Waals surface area (Å²) < 4.78 is 4.80. The molecule has 3 rings (SSSR count). The van der Waals surface area contributed by atoms with Gasteiger partial charge >= 0.3 is 5.97 Å². The second kappa shape index (κ2) is 6.40. The molecule has 0 aromatic heterocycles. The Bertz CT molecular complexity index is 755. The Morgan fingerprint density at radius 3 is 2.71 bits per heavy atom. The Morgan fingerprint density at radius 2 is 2.04 bits per heavy atom. The zero-order valence-electron chi connectivity index (χ0n) is 13.5. The summed E-state index contributed by atoms with van der Waals surface area (Å²) in [6, 6.07) is 7.13. The number of allylic oxidation sites excluding steroid dienone is 2. The molecule has 3 atom stereocenters. The molecule has 0 spiro atoms. The molecule has 2 aliphatic rings. The van der Waals surface area contributed by atoms with Crippen LogP contribution in [-0.2, 0) is 19.1 Å². The minimum Gasteiger partial charge on any atom is -0.468 e. The van der Waals surface area contributed by atoms with Crippen molar-refractivity contribution >= 4 is 29.3 Å². The van der Waals surface area contributed by atoms with Gasteiger partial charge in [0.25, 0.3) is 0 Å². The van der Waals surface area contributed by atoms with Crippen LogP contribution in [0, 0.1) is 11.8 Å². The fourth-order valence-corrected chi connectivity index (χ4v) is 3.80. The standard InChI is InChI=1S/C18H18ClNO4/c1-9-6-13-16(17(22)15(9)18(23)24-2)12(8-14(21)20-13)10-4-3-5-11(19)7-10/h3-5,7,9,12,15H,6,8H2,1-2H3,(H,20,21)/t9-,12-,15-/m0/s1. The van der Waals surface area contributed by atoms with Crippen molar-refractivity contribution in [1.82, 2.24) is 5.32 Å². The van der Waals surface area contributed by atoms with Crippen molar-refractivity contribution in [2.75, 3.05) is 7.11 Å². The summed E-state index contributed by atoms with van der Waals surface area (Å²) in [6.07, 6.45) is 0.622. The first-order chi connectivity index (χ1) is 11.4. The number of ether oxygens (including phenoxy) is 1. The van der Waals surface area contributed by atoms with E-state index in [0.29, 0.717) is 22.7 Å². The van der Waals surface area contributed by atoms with Crippen molar-refractivity contribution in [3.63, 3.8) is 0 Å². The molecular weight excluding hydrogens is 330 g/mol. The van der Waals surface area contributed by atoms with E-state index in [1.165, 1.54) is 7.11 Å². The summed E-state index contributed by atoms with van der Waals surface area (Å²) in [5, 5.41) is 3.35. The van der Waals surface area contributed by atoms with Crippen LogP contribution in [0.4, 0.5) is 0 Å². The van der Waals surface area contributed by atoms with Crippen molar-refractivity contribution in [2.45, 2.75) is 25.7 Å². The SMILES string of the molecule is COC(=O)[C@@H]1C(=O)C2=C(C[C@@H]1C)NC(=O)C[C@H]2c1cccc(Cl)c1. The van der Waals surface area contributed by atoms with Gasteiger partial charge in [-0.2, -0.15) is 0 Å². The summed E-state index contributed by atoms with van der Waals surface area (Å²) >= 11 is 6.06. The first kappa shape index (κ1) is 16.7. The number of methoxy groups -OCH3 is 1. The highest BCUT2D eigenvalue weighted by Gasteiger charge is 2.45. The summed E-state index contributed by atoms with van der Waals surface area (Å²) in [5.41, 5.74) is 1.93. The van der Waals surface area contributed by atoms with Crippen LogP contribution in [0.5, 0.6) is 0 Å². The van der Waals surface area contributed by atoms with Gasteiger partial charge in [0.15, 0.2) is 5.78 Å². The molecule has 0 unspecified atom stereocenters. The second-order valence-electron chi connectivity index (χ2n) is 6.30. The molecule has 0 saturated carbocycles. The van der Waals surface area contributed by atoms with Gasteiger partial charge in [0.1, 0.15) is 5.92 Å². The highest BCUT2D eigenvalue weighted by Crippen LogP contribution is 2.42. The number of Topliss-reactive ketones (excluding diaryl/α,β-unsaturated/α-hetero) is 1. The summed E-state index contributed by atoms with van der Waals surface area (Å²) in [4.78, 5) is 37.1. The van der Waals surface area contributed by atoms with E-state index in [4.69, 9.17) is 16.3 Å². The number of rotatable bonds is 2. The van der Waals surface area contributed by atoms with Crippen LogP contribution < -0.4 is 5.32 Å². The predicted molar refractivity (Wildman–Crippen MR) is 88.3 cm³/mol. The molecular formula is C18H18ClNO4. The molecule has 1 heterocycles. The molecule has 1 aliphatic carbocycles. The summed E-state index contributed by atoms with van der Waals surface area (Å²) in [5.74, 6) is -2.36. The fourth-order valence-electron chi connectivity index (χ4n) is 3.61. The van der Waals surface area contributed by atoms with E-state index in [1.54, 1.807) is 18.2 Å². The largest absolute Gasteiger partial charge is 0.468 e. The van der Waals surface area contributed by atoms with Gasteiger partial charge in [-0.1, -0.05) is 30.7 Å². The van der Waals surface area contributed by atoms with Gasteiger partial charge in [-0.15, -0.1) is 0 Å². The lowest BCUT2D eigenvalue weighted by molar-refractivity contribution is -0.151. The van der Waals surface area contributed by atoms with Gasteiger partial charge in [0.05, 0.1) is 7.11 Å². The van der Waals surface area contributed by atoms with Crippen molar-refractivity contribution < 1.29 is 19.1 Å². The zero-order chi connectivity index (χ0) is 17.4. The van der Waals surface area contributed by atoms with E-state index >= 15 is 0 Å². The molecule has 6 heteroatoms. The van der Waals surface area contributed by atoms with Crippen LogP contribution in [0.1, 0.15) is 31.2 Å². The lowest BCUT2D eigenvalue weighted by Gasteiger charge is -2.36. The predicted octanol–water partition coefficient (Wildman–Crippen LogP) is 2.60. The Balaban J connectivity index is 2.08. The molecule has 1 amide bonds. The molecule has 126 valence electrons. The summed E-state index contributed by atoms with van der Waals surface area (Å²) in [7, 11) is 1.28. The average Bonchev–Trinajstić information content (AvgIpc) is 2.53. The monoisotopic (exact) mass is 347 g/mol. The molecule has 1 aromatic carbocycles. The number of nitrogens with one attached hydrogen (secondary N) is 1. The first-order valence-corrected chi connectivity index (χ1v) is 8.20. The van der Waals surface area contributed by atoms with E-state index in [-0.39, 0.29) is 29.9 Å². The summed E-state index contributed by atoms with van der Waals surface area (Å²) in [6.45, 7) is 1.82. The minimum absolute atomic E-state index is 0.129. The molecule has 0 fully saturated rings. The van der Waals surface area contributed by atoms with Crippen LogP contribution >= 0.6 is 11.6 Å². The number of esters is 1. The van der Waals surface area contributed by atoms with Crippen LogP contribution in [0.15, 0.2) is 35.5 Å². The number of ketones is 1. The second-order valence-corrected chi connectivity index (χ2v) is 6.74.